The number of aliphatic hydroxyl groups excluding tert-OH is 1. The second-order valence-corrected chi connectivity index (χ2v) is 4.35. The first-order valence-electron chi connectivity index (χ1n) is 6.20. The largest absolute Gasteiger partial charge is 0.396 e. The Hall–Kier alpha value is -0.570. The molecule has 1 fully saturated rings. The van der Waals surface area contributed by atoms with Crippen molar-refractivity contribution in [3.05, 3.63) is 0 Å². The minimum Gasteiger partial charge on any atom is -0.396 e. The second kappa shape index (κ2) is 6.83. The van der Waals surface area contributed by atoms with E-state index in [1.165, 1.54) is 6.42 Å². The van der Waals surface area contributed by atoms with E-state index in [9.17, 15) is 4.79 Å². The Morgan fingerprint density at radius 3 is 2.93 bits per heavy atom. The van der Waals surface area contributed by atoms with Crippen LogP contribution >= 0.6 is 0 Å². The molecular formula is C12H23NO2. The predicted molar refractivity (Wildman–Crippen MR) is 60.6 cm³/mol. The number of hydrogen-bond donors (Lipinski definition) is 1. The molecule has 1 N–H and O–H groups in total. The third-order valence-corrected chi connectivity index (χ3v) is 3.11. The van der Waals surface area contributed by atoms with E-state index in [4.69, 9.17) is 5.11 Å². The van der Waals surface area contributed by atoms with Gasteiger partial charge in [0.25, 0.3) is 0 Å². The molecule has 88 valence electrons. The topological polar surface area (TPSA) is 40.5 Å². The van der Waals surface area contributed by atoms with Gasteiger partial charge < -0.3 is 10.0 Å². The first-order chi connectivity index (χ1) is 7.29. The summed E-state index contributed by atoms with van der Waals surface area (Å²) in [7, 11) is 0. The summed E-state index contributed by atoms with van der Waals surface area (Å²) in [5, 5.41) is 8.82. The van der Waals surface area contributed by atoms with E-state index in [-0.39, 0.29) is 6.61 Å². The van der Waals surface area contributed by atoms with Crippen molar-refractivity contribution in [2.75, 3.05) is 13.2 Å². The van der Waals surface area contributed by atoms with Crippen LogP contribution in [0.4, 0.5) is 0 Å². The van der Waals surface area contributed by atoms with Crippen molar-refractivity contribution in [1.29, 1.82) is 0 Å². The van der Waals surface area contributed by atoms with Crippen molar-refractivity contribution < 1.29 is 9.90 Å². The zero-order valence-electron chi connectivity index (χ0n) is 9.74. The number of amides is 1. The van der Waals surface area contributed by atoms with Crippen LogP contribution in [-0.4, -0.2) is 35.1 Å². The lowest BCUT2D eigenvalue weighted by atomic mass is 9.97. The lowest BCUT2D eigenvalue weighted by Gasteiger charge is -2.36. The molecule has 0 aliphatic carbocycles. The molecule has 3 heteroatoms. The Kier molecular flexibility index (Phi) is 5.69. The fraction of sp³-hybridized carbons (Fsp3) is 0.917. The standard InChI is InChI=1S/C12H23NO2/c1-2-6-12(15)13-9-4-3-7-11(13)8-5-10-14/h11,14H,2-10H2,1H3. The van der Waals surface area contributed by atoms with Gasteiger partial charge in [0.05, 0.1) is 0 Å². The van der Waals surface area contributed by atoms with Gasteiger partial charge in [-0.2, -0.15) is 0 Å². The highest BCUT2D eigenvalue weighted by atomic mass is 16.3. The number of rotatable bonds is 5. The van der Waals surface area contributed by atoms with E-state index in [0.717, 1.165) is 38.6 Å². The highest BCUT2D eigenvalue weighted by Gasteiger charge is 2.25. The molecular weight excluding hydrogens is 190 g/mol. The summed E-state index contributed by atoms with van der Waals surface area (Å²) >= 11 is 0. The normalized spacial score (nSPS) is 21.7. The quantitative estimate of drug-likeness (QED) is 0.758. The average Bonchev–Trinajstić information content (AvgIpc) is 2.27. The third kappa shape index (κ3) is 3.82. The van der Waals surface area contributed by atoms with Crippen molar-refractivity contribution in [2.24, 2.45) is 0 Å². The Balaban J connectivity index is 2.45. The van der Waals surface area contributed by atoms with Crippen LogP contribution in [0.3, 0.4) is 0 Å². The summed E-state index contributed by atoms with van der Waals surface area (Å²) in [6.45, 7) is 3.21. The van der Waals surface area contributed by atoms with Crippen molar-refractivity contribution in [3.8, 4) is 0 Å². The SMILES string of the molecule is CCCC(=O)N1CCCCC1CCCO. The van der Waals surface area contributed by atoms with Gasteiger partial charge in [-0.15, -0.1) is 0 Å². The highest BCUT2D eigenvalue weighted by molar-refractivity contribution is 5.76. The molecule has 0 aromatic rings. The Morgan fingerprint density at radius 1 is 1.47 bits per heavy atom. The highest BCUT2D eigenvalue weighted by Crippen LogP contribution is 2.21. The van der Waals surface area contributed by atoms with E-state index >= 15 is 0 Å². The van der Waals surface area contributed by atoms with Gasteiger partial charge in [-0.3, -0.25) is 4.79 Å². The van der Waals surface area contributed by atoms with Gasteiger partial charge in [-0.05, 0) is 38.5 Å². The first kappa shape index (κ1) is 12.5. The van der Waals surface area contributed by atoms with Crippen molar-refractivity contribution >= 4 is 5.91 Å². The number of carbonyl (C=O) groups excluding carboxylic acids is 1. The number of hydrogen-bond acceptors (Lipinski definition) is 2. The maximum Gasteiger partial charge on any atom is 0.222 e. The number of piperidine rings is 1. The zero-order valence-corrected chi connectivity index (χ0v) is 9.74. The van der Waals surface area contributed by atoms with Gasteiger partial charge in [0.2, 0.25) is 5.91 Å². The average molecular weight is 213 g/mol. The first-order valence-corrected chi connectivity index (χ1v) is 6.20. The molecule has 1 amide bonds. The molecule has 0 spiro atoms. The summed E-state index contributed by atoms with van der Waals surface area (Å²) in [4.78, 5) is 13.9. The van der Waals surface area contributed by atoms with Crippen LogP contribution in [0.25, 0.3) is 0 Å². The van der Waals surface area contributed by atoms with Crippen LogP contribution < -0.4 is 0 Å². The van der Waals surface area contributed by atoms with E-state index in [0.29, 0.717) is 18.4 Å². The molecule has 1 aliphatic heterocycles. The van der Waals surface area contributed by atoms with E-state index in [1.807, 2.05) is 11.8 Å². The number of likely N-dealkylation sites (tertiary alicyclic amines) is 1. The third-order valence-electron chi connectivity index (χ3n) is 3.11. The van der Waals surface area contributed by atoms with Crippen molar-refractivity contribution in [1.82, 2.24) is 4.90 Å². The maximum atomic E-state index is 11.8. The minimum atomic E-state index is 0.242. The van der Waals surface area contributed by atoms with Gasteiger partial charge in [0.15, 0.2) is 0 Å². The van der Waals surface area contributed by atoms with Crippen LogP contribution in [0.15, 0.2) is 0 Å². The van der Waals surface area contributed by atoms with Crippen LogP contribution in [-0.2, 0) is 4.79 Å². The van der Waals surface area contributed by atoms with Crippen molar-refractivity contribution in [3.63, 3.8) is 0 Å². The van der Waals surface area contributed by atoms with Gasteiger partial charge in [0.1, 0.15) is 0 Å². The fourth-order valence-corrected chi connectivity index (χ4v) is 2.31. The van der Waals surface area contributed by atoms with Gasteiger partial charge in [-0.25, -0.2) is 0 Å². The lowest BCUT2D eigenvalue weighted by molar-refractivity contribution is -0.135. The molecule has 1 rings (SSSR count). The maximum absolute atomic E-state index is 11.8. The number of aliphatic hydroxyl groups is 1. The molecule has 1 atom stereocenters. The molecule has 1 aliphatic rings. The van der Waals surface area contributed by atoms with E-state index < -0.39 is 0 Å². The Morgan fingerprint density at radius 2 is 2.27 bits per heavy atom. The molecule has 0 aromatic carbocycles. The number of carbonyl (C=O) groups is 1. The summed E-state index contributed by atoms with van der Waals surface area (Å²) in [6, 6.07) is 0.393. The molecule has 15 heavy (non-hydrogen) atoms. The van der Waals surface area contributed by atoms with Crippen LogP contribution in [0.1, 0.15) is 51.9 Å². The van der Waals surface area contributed by atoms with Crippen molar-refractivity contribution in [2.45, 2.75) is 57.9 Å². The number of nitrogens with zero attached hydrogens (tertiary/aromatic N) is 1. The van der Waals surface area contributed by atoms with Crippen LogP contribution in [0, 0.1) is 0 Å². The second-order valence-electron chi connectivity index (χ2n) is 4.35. The van der Waals surface area contributed by atoms with Crippen LogP contribution in [0.2, 0.25) is 0 Å². The van der Waals surface area contributed by atoms with E-state index in [2.05, 4.69) is 0 Å². The van der Waals surface area contributed by atoms with E-state index in [1.54, 1.807) is 0 Å². The molecule has 1 saturated heterocycles. The minimum absolute atomic E-state index is 0.242. The molecule has 0 saturated carbocycles. The summed E-state index contributed by atoms with van der Waals surface area (Å²) in [5.74, 6) is 0.306. The smallest absolute Gasteiger partial charge is 0.222 e. The molecule has 0 bridgehead atoms. The molecule has 0 aromatic heterocycles. The van der Waals surface area contributed by atoms with Crippen LogP contribution in [0.5, 0.6) is 0 Å². The molecule has 1 unspecified atom stereocenters. The lowest BCUT2D eigenvalue weighted by Crippen LogP contribution is -2.43. The van der Waals surface area contributed by atoms with Gasteiger partial charge >= 0.3 is 0 Å². The predicted octanol–water partition coefficient (Wildman–Crippen LogP) is 1.94. The van der Waals surface area contributed by atoms with Gasteiger partial charge in [0, 0.05) is 25.6 Å². The summed E-state index contributed by atoms with van der Waals surface area (Å²) < 4.78 is 0. The molecule has 0 radical (unpaired) electrons. The summed E-state index contributed by atoms with van der Waals surface area (Å²) in [6.07, 6.45) is 6.89. The fourth-order valence-electron chi connectivity index (χ4n) is 2.31. The monoisotopic (exact) mass is 213 g/mol. The Bertz CT molecular complexity index is 194. The zero-order chi connectivity index (χ0) is 11.1. The Labute approximate surface area is 92.5 Å². The van der Waals surface area contributed by atoms with Gasteiger partial charge in [-0.1, -0.05) is 6.92 Å². The summed E-state index contributed by atoms with van der Waals surface area (Å²) in [5.41, 5.74) is 0. The molecule has 1 heterocycles. The molecule has 3 nitrogen and oxygen atoms in total.